The zero-order valence-corrected chi connectivity index (χ0v) is 13.3. The molecule has 1 aliphatic carbocycles. The van der Waals surface area contributed by atoms with Crippen molar-refractivity contribution in [3.8, 4) is 5.75 Å². The van der Waals surface area contributed by atoms with Gasteiger partial charge in [-0.1, -0.05) is 12.5 Å². The van der Waals surface area contributed by atoms with Crippen LogP contribution in [0.4, 0.5) is 5.69 Å². The molecule has 7 heteroatoms. The summed E-state index contributed by atoms with van der Waals surface area (Å²) >= 11 is 0. The maximum atomic E-state index is 9.57. The number of aliphatic imine (C=N–C) groups is 2. The van der Waals surface area contributed by atoms with E-state index in [-0.39, 0.29) is 11.7 Å². The normalized spacial score (nSPS) is 20.1. The van der Waals surface area contributed by atoms with Crippen molar-refractivity contribution in [1.82, 2.24) is 4.98 Å². The predicted octanol–water partition coefficient (Wildman–Crippen LogP) is 2.05. The van der Waals surface area contributed by atoms with Gasteiger partial charge in [0, 0.05) is 11.1 Å². The van der Waals surface area contributed by atoms with Crippen molar-refractivity contribution in [2.24, 2.45) is 21.5 Å². The van der Waals surface area contributed by atoms with E-state index in [1.807, 2.05) is 23.1 Å². The Balaban J connectivity index is 1.83. The summed E-state index contributed by atoms with van der Waals surface area (Å²) in [7, 11) is 0. The van der Waals surface area contributed by atoms with E-state index in [2.05, 4.69) is 15.0 Å². The summed E-state index contributed by atoms with van der Waals surface area (Å²) in [6.07, 6.45) is 6.59. The molecule has 24 heavy (non-hydrogen) atoms. The Kier molecular flexibility index (Phi) is 3.30. The molecule has 7 nitrogen and oxygen atoms in total. The molecule has 1 aliphatic heterocycles. The molecule has 5 N–H and O–H groups in total. The number of anilines is 1. The second kappa shape index (κ2) is 5.36. The van der Waals surface area contributed by atoms with Gasteiger partial charge in [-0.2, -0.15) is 4.99 Å². The first-order valence-corrected chi connectivity index (χ1v) is 8.16. The second-order valence-electron chi connectivity index (χ2n) is 6.39. The zero-order chi connectivity index (χ0) is 16.7. The van der Waals surface area contributed by atoms with Gasteiger partial charge in [0.15, 0.2) is 0 Å². The molecule has 0 atom stereocenters. The molecule has 1 fully saturated rings. The molecule has 1 aromatic heterocycles. The van der Waals surface area contributed by atoms with Crippen molar-refractivity contribution in [1.29, 1.82) is 0 Å². The number of fused-ring (bicyclic) bond motifs is 1. The third kappa shape index (κ3) is 2.33. The van der Waals surface area contributed by atoms with Crippen LogP contribution in [0.5, 0.6) is 5.75 Å². The van der Waals surface area contributed by atoms with E-state index in [1.54, 1.807) is 6.07 Å². The molecule has 2 aromatic rings. The minimum absolute atomic E-state index is 0.149. The molecule has 0 saturated heterocycles. The number of hydrogen-bond donors (Lipinski definition) is 3. The largest absolute Gasteiger partial charge is 0.506 e. The van der Waals surface area contributed by atoms with Gasteiger partial charge in [0.05, 0.1) is 11.7 Å². The van der Waals surface area contributed by atoms with Gasteiger partial charge >= 0.3 is 0 Å². The third-order valence-corrected chi connectivity index (χ3v) is 4.76. The van der Waals surface area contributed by atoms with E-state index < -0.39 is 5.66 Å². The van der Waals surface area contributed by atoms with E-state index in [1.165, 1.54) is 12.6 Å². The average molecular weight is 324 g/mol. The summed E-state index contributed by atoms with van der Waals surface area (Å²) in [6, 6.07) is 7.51. The van der Waals surface area contributed by atoms with Crippen LogP contribution in [-0.4, -0.2) is 27.7 Å². The van der Waals surface area contributed by atoms with Gasteiger partial charge in [-0.3, -0.25) is 9.88 Å². The highest BCUT2D eigenvalue weighted by Crippen LogP contribution is 2.40. The Bertz CT molecular complexity index is 853. The summed E-state index contributed by atoms with van der Waals surface area (Å²) in [5.74, 6) is 0.757. The molecule has 1 spiro atoms. The molecule has 1 saturated carbocycles. The van der Waals surface area contributed by atoms with E-state index in [9.17, 15) is 5.11 Å². The molecule has 0 unspecified atom stereocenters. The fraction of sp³-hybridized carbons (Fsp3) is 0.353. The quantitative estimate of drug-likeness (QED) is 0.743. The predicted molar refractivity (Wildman–Crippen MR) is 94.9 cm³/mol. The van der Waals surface area contributed by atoms with Gasteiger partial charge in [-0.05, 0) is 43.9 Å². The fourth-order valence-electron chi connectivity index (χ4n) is 3.73. The van der Waals surface area contributed by atoms with Crippen molar-refractivity contribution < 1.29 is 5.11 Å². The average Bonchev–Trinajstić information content (AvgIpc) is 2.55. The van der Waals surface area contributed by atoms with E-state index in [0.717, 1.165) is 42.3 Å². The SMILES string of the molecule is NC1=NC2(CCCCC2)N(c2ccc3cc(O)cnc3c2)C(N)=N1. The Morgan fingerprint density at radius 1 is 1.08 bits per heavy atom. The minimum Gasteiger partial charge on any atom is -0.506 e. The number of pyridine rings is 1. The number of guanidine groups is 2. The Hall–Kier alpha value is -2.83. The molecule has 1 aromatic carbocycles. The van der Waals surface area contributed by atoms with Crippen molar-refractivity contribution in [2.45, 2.75) is 37.8 Å². The van der Waals surface area contributed by atoms with Crippen molar-refractivity contribution in [3.63, 3.8) is 0 Å². The first-order chi connectivity index (χ1) is 11.6. The molecule has 4 rings (SSSR count). The van der Waals surface area contributed by atoms with Crippen LogP contribution < -0.4 is 16.4 Å². The van der Waals surface area contributed by atoms with Gasteiger partial charge in [-0.25, -0.2) is 4.99 Å². The van der Waals surface area contributed by atoms with Crippen LogP contribution >= 0.6 is 0 Å². The number of nitrogens with zero attached hydrogens (tertiary/aromatic N) is 4. The van der Waals surface area contributed by atoms with Crippen LogP contribution in [0.2, 0.25) is 0 Å². The highest BCUT2D eigenvalue weighted by molar-refractivity contribution is 6.06. The van der Waals surface area contributed by atoms with Gasteiger partial charge in [0.25, 0.3) is 0 Å². The zero-order valence-electron chi connectivity index (χ0n) is 13.3. The third-order valence-electron chi connectivity index (χ3n) is 4.76. The second-order valence-corrected chi connectivity index (χ2v) is 6.39. The van der Waals surface area contributed by atoms with Gasteiger partial charge in [-0.15, -0.1) is 0 Å². The topological polar surface area (TPSA) is 113 Å². The van der Waals surface area contributed by atoms with Crippen LogP contribution in [0.25, 0.3) is 10.9 Å². The lowest BCUT2D eigenvalue weighted by Crippen LogP contribution is -2.58. The first-order valence-electron chi connectivity index (χ1n) is 8.16. The van der Waals surface area contributed by atoms with Crippen molar-refractivity contribution in [3.05, 3.63) is 30.5 Å². The van der Waals surface area contributed by atoms with Crippen LogP contribution in [0.15, 0.2) is 40.4 Å². The monoisotopic (exact) mass is 324 g/mol. The molecular weight excluding hydrogens is 304 g/mol. The van der Waals surface area contributed by atoms with E-state index in [4.69, 9.17) is 11.5 Å². The molecule has 0 amide bonds. The Morgan fingerprint density at radius 2 is 1.88 bits per heavy atom. The van der Waals surface area contributed by atoms with Gasteiger partial charge < -0.3 is 16.6 Å². The van der Waals surface area contributed by atoms with Crippen LogP contribution in [0.1, 0.15) is 32.1 Å². The van der Waals surface area contributed by atoms with Gasteiger partial charge in [0.2, 0.25) is 11.9 Å². The lowest BCUT2D eigenvalue weighted by molar-refractivity contribution is 0.305. The fourth-order valence-corrected chi connectivity index (χ4v) is 3.73. The Morgan fingerprint density at radius 3 is 2.67 bits per heavy atom. The summed E-state index contributed by atoms with van der Waals surface area (Å²) < 4.78 is 0. The van der Waals surface area contributed by atoms with Crippen LogP contribution in [-0.2, 0) is 0 Å². The number of benzene rings is 1. The summed E-state index contributed by atoms with van der Waals surface area (Å²) in [5.41, 5.74) is 13.3. The number of aromatic hydroxyl groups is 1. The molecule has 124 valence electrons. The summed E-state index contributed by atoms with van der Waals surface area (Å²) in [5, 5.41) is 10.4. The smallest absolute Gasteiger partial charge is 0.220 e. The van der Waals surface area contributed by atoms with E-state index in [0.29, 0.717) is 5.96 Å². The Labute approximate surface area is 139 Å². The van der Waals surface area contributed by atoms with Crippen LogP contribution in [0, 0.1) is 0 Å². The first kappa shape index (κ1) is 14.7. The number of aromatic nitrogens is 1. The van der Waals surface area contributed by atoms with Crippen molar-refractivity contribution >= 4 is 28.5 Å². The van der Waals surface area contributed by atoms with Gasteiger partial charge in [0.1, 0.15) is 11.4 Å². The maximum Gasteiger partial charge on any atom is 0.220 e. The molecule has 2 aliphatic rings. The maximum absolute atomic E-state index is 9.57. The number of nitrogens with two attached hydrogens (primary N) is 2. The molecular formula is C17H20N6O. The number of hydrogen-bond acceptors (Lipinski definition) is 7. The number of rotatable bonds is 1. The van der Waals surface area contributed by atoms with Crippen molar-refractivity contribution in [2.75, 3.05) is 4.90 Å². The molecule has 0 radical (unpaired) electrons. The minimum atomic E-state index is -0.460. The molecule has 0 bridgehead atoms. The van der Waals surface area contributed by atoms with E-state index >= 15 is 0 Å². The summed E-state index contributed by atoms with van der Waals surface area (Å²) in [6.45, 7) is 0. The summed E-state index contributed by atoms with van der Waals surface area (Å²) in [4.78, 5) is 15.1. The molecule has 2 heterocycles. The highest BCUT2D eigenvalue weighted by Gasteiger charge is 2.42. The standard InChI is InChI=1S/C17H20N6O/c18-15-21-16(19)23(17(22-15)6-2-1-3-7-17)12-5-4-11-8-13(24)10-20-14(11)9-12/h4-5,8-10,24H,1-3,6-7H2,(H4,18,19,21,22). The van der Waals surface area contributed by atoms with Crippen LogP contribution in [0.3, 0.4) is 0 Å². The highest BCUT2D eigenvalue weighted by atomic mass is 16.3. The lowest BCUT2D eigenvalue weighted by Gasteiger charge is -2.45. The lowest BCUT2D eigenvalue weighted by atomic mass is 9.87.